The predicted octanol–water partition coefficient (Wildman–Crippen LogP) is 3.17. The Balaban J connectivity index is 2.33. The number of hydrogen-bond donors (Lipinski definition) is 1. The van der Waals surface area contributed by atoms with Crippen molar-refractivity contribution in [3.8, 4) is 5.75 Å². The summed E-state index contributed by atoms with van der Waals surface area (Å²) in [4.78, 5) is 12.8. The number of ether oxygens (including phenoxy) is 1. The Kier molecular flexibility index (Phi) is 6.66. The van der Waals surface area contributed by atoms with E-state index in [9.17, 15) is 17.6 Å². The molecule has 0 heterocycles. The number of benzene rings is 2. The first-order valence-corrected chi connectivity index (χ1v) is 10.6. The molecule has 8 heteroatoms. The molecule has 0 radical (unpaired) electrons. The van der Waals surface area contributed by atoms with E-state index in [0.717, 1.165) is 16.1 Å². The molecular formula is C20H25FN2O4S. The summed E-state index contributed by atoms with van der Waals surface area (Å²) in [5, 5.41) is 2.78. The summed E-state index contributed by atoms with van der Waals surface area (Å²) in [6.45, 7) is 5.08. The maximum Gasteiger partial charge on any atom is 0.244 e. The standard InChI is InChI=1S/C20H25FN2O4S/c1-13-6-11-19(27-4)18(12-13)23(28(5,25)26)15(3)20(24)22-14(2)16-7-9-17(21)10-8-16/h6-12,14-15H,1-5H3,(H,22,24)/t14-,15-/m1/s1. The molecule has 152 valence electrons. The summed E-state index contributed by atoms with van der Waals surface area (Å²) in [5.74, 6) is -0.501. The van der Waals surface area contributed by atoms with Crippen LogP contribution < -0.4 is 14.4 Å². The van der Waals surface area contributed by atoms with Crippen molar-refractivity contribution in [3.05, 3.63) is 59.4 Å². The van der Waals surface area contributed by atoms with Gasteiger partial charge in [-0.1, -0.05) is 18.2 Å². The molecule has 6 nitrogen and oxygen atoms in total. The summed E-state index contributed by atoms with van der Waals surface area (Å²) in [7, 11) is -2.33. The number of carbonyl (C=O) groups is 1. The van der Waals surface area contributed by atoms with Crippen LogP contribution in [0, 0.1) is 12.7 Å². The number of amides is 1. The highest BCUT2D eigenvalue weighted by Crippen LogP contribution is 2.32. The molecule has 0 aliphatic rings. The molecule has 2 aromatic carbocycles. The lowest BCUT2D eigenvalue weighted by Gasteiger charge is -2.30. The van der Waals surface area contributed by atoms with Crippen LogP contribution >= 0.6 is 0 Å². The van der Waals surface area contributed by atoms with E-state index in [-0.39, 0.29) is 5.82 Å². The summed E-state index contributed by atoms with van der Waals surface area (Å²) < 4.78 is 44.4. The van der Waals surface area contributed by atoms with Crippen LogP contribution in [0.5, 0.6) is 5.75 Å². The molecule has 0 aromatic heterocycles. The van der Waals surface area contributed by atoms with Gasteiger partial charge in [0, 0.05) is 0 Å². The Morgan fingerprint density at radius 3 is 2.29 bits per heavy atom. The molecule has 0 spiro atoms. The van der Waals surface area contributed by atoms with Crippen molar-refractivity contribution in [2.45, 2.75) is 32.9 Å². The van der Waals surface area contributed by atoms with Crippen molar-refractivity contribution in [1.82, 2.24) is 5.32 Å². The van der Waals surface area contributed by atoms with Crippen molar-refractivity contribution in [3.63, 3.8) is 0 Å². The minimum atomic E-state index is -3.77. The van der Waals surface area contributed by atoms with Gasteiger partial charge in [0.15, 0.2) is 0 Å². The quantitative estimate of drug-likeness (QED) is 0.764. The van der Waals surface area contributed by atoms with Gasteiger partial charge >= 0.3 is 0 Å². The fraction of sp³-hybridized carbons (Fsp3) is 0.350. The van der Waals surface area contributed by atoms with E-state index in [1.54, 1.807) is 37.3 Å². The van der Waals surface area contributed by atoms with Gasteiger partial charge in [-0.05, 0) is 56.2 Å². The zero-order chi connectivity index (χ0) is 21.1. The summed E-state index contributed by atoms with van der Waals surface area (Å²) >= 11 is 0. The van der Waals surface area contributed by atoms with Gasteiger partial charge in [-0.25, -0.2) is 12.8 Å². The van der Waals surface area contributed by atoms with E-state index in [1.807, 2.05) is 6.92 Å². The van der Waals surface area contributed by atoms with Gasteiger partial charge in [0.25, 0.3) is 0 Å². The Hall–Kier alpha value is -2.61. The third-order valence-corrected chi connectivity index (χ3v) is 5.62. The largest absolute Gasteiger partial charge is 0.495 e. The third-order valence-electron chi connectivity index (χ3n) is 4.39. The van der Waals surface area contributed by atoms with Gasteiger partial charge in [-0.15, -0.1) is 0 Å². The maximum absolute atomic E-state index is 13.1. The van der Waals surface area contributed by atoms with Gasteiger partial charge in [0.2, 0.25) is 15.9 Å². The lowest BCUT2D eigenvalue weighted by atomic mass is 10.1. The molecule has 0 saturated heterocycles. The molecule has 1 amide bonds. The lowest BCUT2D eigenvalue weighted by Crippen LogP contribution is -2.48. The van der Waals surface area contributed by atoms with Crippen LogP contribution in [0.2, 0.25) is 0 Å². The van der Waals surface area contributed by atoms with Gasteiger partial charge < -0.3 is 10.1 Å². The number of carbonyl (C=O) groups excluding carboxylic acids is 1. The molecule has 2 rings (SSSR count). The van der Waals surface area contributed by atoms with E-state index in [0.29, 0.717) is 17.0 Å². The Labute approximate surface area is 165 Å². The molecule has 2 atom stereocenters. The number of methoxy groups -OCH3 is 1. The van der Waals surface area contributed by atoms with Gasteiger partial charge in [-0.3, -0.25) is 9.10 Å². The fourth-order valence-corrected chi connectivity index (χ4v) is 4.09. The molecule has 2 aromatic rings. The van der Waals surface area contributed by atoms with Crippen molar-refractivity contribution in [2.24, 2.45) is 0 Å². The van der Waals surface area contributed by atoms with Crippen molar-refractivity contribution in [1.29, 1.82) is 0 Å². The van der Waals surface area contributed by atoms with E-state index in [2.05, 4.69) is 5.32 Å². The molecule has 0 aliphatic carbocycles. The zero-order valence-electron chi connectivity index (χ0n) is 16.6. The number of sulfonamides is 1. The second kappa shape index (κ2) is 8.60. The number of halogens is 1. The minimum Gasteiger partial charge on any atom is -0.495 e. The van der Waals surface area contributed by atoms with Gasteiger partial charge in [0.05, 0.1) is 25.1 Å². The number of anilines is 1. The maximum atomic E-state index is 13.1. The van der Waals surface area contributed by atoms with E-state index >= 15 is 0 Å². The number of nitrogens with zero attached hydrogens (tertiary/aromatic N) is 1. The van der Waals surface area contributed by atoms with Crippen LogP contribution in [0.25, 0.3) is 0 Å². The molecule has 0 aliphatic heterocycles. The number of aryl methyl sites for hydroxylation is 1. The SMILES string of the molecule is COc1ccc(C)cc1N([C@H](C)C(=O)N[C@H](C)c1ccc(F)cc1)S(C)(=O)=O. The smallest absolute Gasteiger partial charge is 0.244 e. The highest BCUT2D eigenvalue weighted by Gasteiger charge is 2.32. The number of nitrogens with one attached hydrogen (secondary N) is 1. The lowest BCUT2D eigenvalue weighted by molar-refractivity contribution is -0.122. The van der Waals surface area contributed by atoms with E-state index < -0.39 is 28.0 Å². The molecule has 1 N–H and O–H groups in total. The summed E-state index contributed by atoms with van der Waals surface area (Å²) in [6, 6.07) is 9.44. The van der Waals surface area contributed by atoms with Crippen molar-refractivity contribution >= 4 is 21.6 Å². The second-order valence-electron chi connectivity index (χ2n) is 6.69. The van der Waals surface area contributed by atoms with Crippen LogP contribution in [-0.2, 0) is 14.8 Å². The molecule has 0 fully saturated rings. The third kappa shape index (κ3) is 5.01. The zero-order valence-corrected chi connectivity index (χ0v) is 17.4. The molecule has 0 bridgehead atoms. The molecule has 28 heavy (non-hydrogen) atoms. The van der Waals surface area contributed by atoms with Crippen molar-refractivity contribution < 1.29 is 22.3 Å². The highest BCUT2D eigenvalue weighted by molar-refractivity contribution is 7.92. The predicted molar refractivity (Wildman–Crippen MR) is 107 cm³/mol. The average Bonchev–Trinajstić information content (AvgIpc) is 2.61. The summed E-state index contributed by atoms with van der Waals surface area (Å²) in [6.07, 6.45) is 1.04. The van der Waals surface area contributed by atoms with Gasteiger partial charge in [0.1, 0.15) is 17.6 Å². The van der Waals surface area contributed by atoms with Crippen LogP contribution in [0.1, 0.15) is 31.0 Å². The molecule has 0 unspecified atom stereocenters. The van der Waals surface area contributed by atoms with Crippen LogP contribution in [-0.4, -0.2) is 33.7 Å². The number of rotatable bonds is 7. The molecule has 0 saturated carbocycles. The van der Waals surface area contributed by atoms with Crippen LogP contribution in [0.3, 0.4) is 0 Å². The van der Waals surface area contributed by atoms with Crippen molar-refractivity contribution in [2.75, 3.05) is 17.7 Å². The van der Waals surface area contributed by atoms with Crippen LogP contribution in [0.15, 0.2) is 42.5 Å². The first kappa shape index (κ1) is 21.7. The highest BCUT2D eigenvalue weighted by atomic mass is 32.2. The summed E-state index contributed by atoms with van der Waals surface area (Å²) in [5.41, 5.74) is 1.83. The Morgan fingerprint density at radius 1 is 1.14 bits per heavy atom. The van der Waals surface area contributed by atoms with E-state index in [1.165, 1.54) is 26.2 Å². The molecular weight excluding hydrogens is 383 g/mol. The Bertz CT molecular complexity index is 945. The van der Waals surface area contributed by atoms with Gasteiger partial charge in [-0.2, -0.15) is 0 Å². The first-order valence-electron chi connectivity index (χ1n) is 8.74. The average molecular weight is 408 g/mol. The fourth-order valence-electron chi connectivity index (χ4n) is 2.92. The number of hydrogen-bond acceptors (Lipinski definition) is 4. The normalized spacial score (nSPS) is 13.5. The first-order chi connectivity index (χ1) is 13.0. The van der Waals surface area contributed by atoms with Crippen LogP contribution in [0.4, 0.5) is 10.1 Å². The monoisotopic (exact) mass is 408 g/mol. The Morgan fingerprint density at radius 2 is 1.75 bits per heavy atom. The second-order valence-corrected chi connectivity index (χ2v) is 8.55. The topological polar surface area (TPSA) is 75.7 Å². The minimum absolute atomic E-state index is 0.294. The van der Waals surface area contributed by atoms with E-state index in [4.69, 9.17) is 4.74 Å².